The highest BCUT2D eigenvalue weighted by atomic mass is 35.5. The molecule has 1 atom stereocenters. The molecule has 5 heteroatoms. The van der Waals surface area contributed by atoms with Crippen LogP contribution in [0.1, 0.15) is 36.0 Å². The molecule has 1 aliphatic rings. The van der Waals surface area contributed by atoms with Gasteiger partial charge in [0, 0.05) is 16.1 Å². The van der Waals surface area contributed by atoms with E-state index in [4.69, 9.17) is 23.2 Å². The summed E-state index contributed by atoms with van der Waals surface area (Å²) in [5.74, 6) is 0.398. The molecule has 0 spiro atoms. The summed E-state index contributed by atoms with van der Waals surface area (Å²) in [6.45, 7) is 2.17. The lowest BCUT2D eigenvalue weighted by Gasteiger charge is -2.01. The molecule has 0 aliphatic heterocycles. The molecule has 22 heavy (non-hydrogen) atoms. The van der Waals surface area contributed by atoms with Crippen LogP contribution in [0.2, 0.25) is 10.0 Å². The van der Waals surface area contributed by atoms with E-state index in [1.54, 1.807) is 6.07 Å². The van der Waals surface area contributed by atoms with Gasteiger partial charge in [-0.25, -0.2) is 0 Å². The molecule has 1 aliphatic carbocycles. The van der Waals surface area contributed by atoms with Gasteiger partial charge in [-0.1, -0.05) is 54.4 Å². The van der Waals surface area contributed by atoms with Gasteiger partial charge >= 0.3 is 0 Å². The molecule has 0 saturated carbocycles. The summed E-state index contributed by atoms with van der Waals surface area (Å²) in [5.41, 5.74) is 3.83. The lowest BCUT2D eigenvalue weighted by atomic mass is 10.0. The molecule has 112 valence electrons. The Labute approximate surface area is 138 Å². The number of nitrogens with zero attached hydrogens (tertiary/aromatic N) is 2. The topological polar surface area (TPSA) is 45.0 Å². The van der Waals surface area contributed by atoms with Gasteiger partial charge in [-0.15, -0.1) is 0 Å². The first-order valence-corrected chi connectivity index (χ1v) is 7.69. The largest absolute Gasteiger partial charge is 0.506 e. The SMILES string of the molecule is C[C@@H]1CC(=N/N=C/c2cc(Cl)cc(Cl)c2O)c2ccccc21. The zero-order valence-electron chi connectivity index (χ0n) is 11.9. The summed E-state index contributed by atoms with van der Waals surface area (Å²) in [4.78, 5) is 0. The molecule has 2 aromatic rings. The van der Waals surface area contributed by atoms with Crippen LogP contribution in [-0.2, 0) is 0 Å². The number of phenolic OH excluding ortho intramolecular Hbond substituents is 1. The molecule has 0 saturated heterocycles. The maximum absolute atomic E-state index is 9.88. The van der Waals surface area contributed by atoms with Crippen LogP contribution in [0.25, 0.3) is 0 Å². The number of fused-ring (bicyclic) bond motifs is 1. The average Bonchev–Trinajstić information content (AvgIpc) is 2.81. The predicted molar refractivity (Wildman–Crippen MR) is 91.7 cm³/mol. The first-order chi connectivity index (χ1) is 10.6. The van der Waals surface area contributed by atoms with Crippen molar-refractivity contribution >= 4 is 35.1 Å². The smallest absolute Gasteiger partial charge is 0.143 e. The minimum Gasteiger partial charge on any atom is -0.506 e. The van der Waals surface area contributed by atoms with E-state index in [0.29, 0.717) is 16.5 Å². The Kier molecular flexibility index (Phi) is 4.19. The molecular formula is C17H14Cl2N2O. The summed E-state index contributed by atoms with van der Waals surface area (Å²) in [6, 6.07) is 11.3. The van der Waals surface area contributed by atoms with Crippen LogP contribution in [0.3, 0.4) is 0 Å². The van der Waals surface area contributed by atoms with Gasteiger partial charge in [0.25, 0.3) is 0 Å². The van der Waals surface area contributed by atoms with Crippen LogP contribution in [0.5, 0.6) is 5.75 Å². The van der Waals surface area contributed by atoms with Crippen molar-refractivity contribution in [1.29, 1.82) is 0 Å². The monoisotopic (exact) mass is 332 g/mol. The Morgan fingerprint density at radius 1 is 1.23 bits per heavy atom. The molecule has 2 aromatic carbocycles. The average molecular weight is 333 g/mol. The number of phenols is 1. The van der Waals surface area contributed by atoms with E-state index in [-0.39, 0.29) is 10.8 Å². The van der Waals surface area contributed by atoms with Gasteiger partial charge in [0.15, 0.2) is 0 Å². The minimum absolute atomic E-state index is 0.0461. The molecule has 0 unspecified atom stereocenters. The van der Waals surface area contributed by atoms with E-state index >= 15 is 0 Å². The van der Waals surface area contributed by atoms with Gasteiger partial charge in [-0.2, -0.15) is 10.2 Å². The van der Waals surface area contributed by atoms with Gasteiger partial charge in [0.2, 0.25) is 0 Å². The normalized spacial score (nSPS) is 19.0. The minimum atomic E-state index is -0.0461. The van der Waals surface area contributed by atoms with Crippen LogP contribution in [0, 0.1) is 0 Å². The van der Waals surface area contributed by atoms with Crippen molar-refractivity contribution in [3.05, 3.63) is 63.1 Å². The summed E-state index contributed by atoms with van der Waals surface area (Å²) in [6.07, 6.45) is 2.32. The first kappa shape index (κ1) is 15.1. The maximum Gasteiger partial charge on any atom is 0.143 e. The van der Waals surface area contributed by atoms with Crippen molar-refractivity contribution in [3.63, 3.8) is 0 Å². The van der Waals surface area contributed by atoms with E-state index in [1.807, 2.05) is 12.1 Å². The summed E-state index contributed by atoms with van der Waals surface area (Å²) in [5, 5.41) is 18.9. The third-order valence-electron chi connectivity index (χ3n) is 3.74. The molecule has 3 nitrogen and oxygen atoms in total. The van der Waals surface area contributed by atoms with Crippen molar-refractivity contribution < 1.29 is 5.11 Å². The maximum atomic E-state index is 9.88. The van der Waals surface area contributed by atoms with Crippen LogP contribution >= 0.6 is 23.2 Å². The molecule has 1 N–H and O–H groups in total. The standard InChI is InChI=1S/C17H14Cl2N2O/c1-10-6-16(14-5-3-2-4-13(10)14)21-20-9-11-7-12(18)8-15(19)17(11)22/h2-5,7-10,22H,6H2,1H3/b20-9+,21-16?/t10-/m1/s1. The molecule has 3 rings (SSSR count). The van der Waals surface area contributed by atoms with Gasteiger partial charge in [-0.3, -0.25) is 0 Å². The Balaban J connectivity index is 1.90. The van der Waals surface area contributed by atoms with Gasteiger partial charge in [0.1, 0.15) is 5.75 Å². The number of rotatable bonds is 2. The Bertz CT molecular complexity index is 784. The Morgan fingerprint density at radius 3 is 2.82 bits per heavy atom. The lowest BCUT2D eigenvalue weighted by molar-refractivity contribution is 0.474. The molecule has 0 amide bonds. The van der Waals surface area contributed by atoms with Crippen molar-refractivity contribution in [2.24, 2.45) is 10.2 Å². The molecule has 0 aromatic heterocycles. The highest BCUT2D eigenvalue weighted by molar-refractivity contribution is 6.36. The number of hydrogen-bond donors (Lipinski definition) is 1. The van der Waals surface area contributed by atoms with E-state index in [1.165, 1.54) is 17.8 Å². The van der Waals surface area contributed by atoms with Crippen LogP contribution in [-0.4, -0.2) is 17.0 Å². The highest BCUT2D eigenvalue weighted by Gasteiger charge is 2.23. The fourth-order valence-corrected chi connectivity index (χ4v) is 3.15. The van der Waals surface area contributed by atoms with Gasteiger partial charge in [-0.05, 0) is 30.0 Å². The van der Waals surface area contributed by atoms with Crippen molar-refractivity contribution in [2.75, 3.05) is 0 Å². The fraction of sp³-hybridized carbons (Fsp3) is 0.176. The van der Waals surface area contributed by atoms with Crippen molar-refractivity contribution in [1.82, 2.24) is 0 Å². The quantitative estimate of drug-likeness (QED) is 0.608. The van der Waals surface area contributed by atoms with E-state index in [2.05, 4.69) is 29.3 Å². The Morgan fingerprint density at radius 2 is 2.00 bits per heavy atom. The van der Waals surface area contributed by atoms with Crippen molar-refractivity contribution in [2.45, 2.75) is 19.3 Å². The van der Waals surface area contributed by atoms with Crippen LogP contribution in [0.15, 0.2) is 46.6 Å². The molecule has 0 fully saturated rings. The summed E-state index contributed by atoms with van der Waals surface area (Å²) >= 11 is 11.8. The molecule has 0 radical (unpaired) electrons. The number of aromatic hydroxyl groups is 1. The van der Waals surface area contributed by atoms with Crippen LogP contribution in [0.4, 0.5) is 0 Å². The fourth-order valence-electron chi connectivity index (χ4n) is 2.64. The van der Waals surface area contributed by atoms with Gasteiger partial charge in [0.05, 0.1) is 16.9 Å². The number of benzene rings is 2. The van der Waals surface area contributed by atoms with Crippen molar-refractivity contribution in [3.8, 4) is 5.75 Å². The highest BCUT2D eigenvalue weighted by Crippen LogP contribution is 2.33. The second kappa shape index (κ2) is 6.11. The number of hydrogen-bond acceptors (Lipinski definition) is 3. The zero-order chi connectivity index (χ0) is 15.7. The van der Waals surface area contributed by atoms with E-state index in [0.717, 1.165) is 17.7 Å². The van der Waals surface area contributed by atoms with E-state index < -0.39 is 0 Å². The molecular weight excluding hydrogens is 319 g/mol. The second-order valence-corrected chi connectivity index (χ2v) is 6.15. The summed E-state index contributed by atoms with van der Waals surface area (Å²) < 4.78 is 0. The van der Waals surface area contributed by atoms with E-state index in [9.17, 15) is 5.11 Å². The molecule has 0 heterocycles. The summed E-state index contributed by atoms with van der Waals surface area (Å²) in [7, 11) is 0. The second-order valence-electron chi connectivity index (χ2n) is 5.31. The van der Waals surface area contributed by atoms with Gasteiger partial charge < -0.3 is 5.11 Å². The lowest BCUT2D eigenvalue weighted by Crippen LogP contribution is -1.93. The Hall–Kier alpha value is -1.84. The molecule has 0 bridgehead atoms. The third-order valence-corrected chi connectivity index (χ3v) is 4.24. The zero-order valence-corrected chi connectivity index (χ0v) is 13.4. The van der Waals surface area contributed by atoms with Crippen LogP contribution < -0.4 is 0 Å². The third kappa shape index (κ3) is 2.87. The number of halogens is 2. The predicted octanol–water partition coefficient (Wildman–Crippen LogP) is 5.03. The first-order valence-electron chi connectivity index (χ1n) is 6.93.